The fourth-order valence-electron chi connectivity index (χ4n) is 3.65. The highest BCUT2D eigenvalue weighted by atomic mass is 32.1. The molecular weight excluding hydrogens is 362 g/mol. The van der Waals surface area contributed by atoms with Gasteiger partial charge < -0.3 is 10.4 Å². The third-order valence-electron chi connectivity index (χ3n) is 4.90. The number of hydrogen-bond donors (Lipinski definition) is 2. The van der Waals surface area contributed by atoms with Crippen LogP contribution in [-0.2, 0) is 6.54 Å². The van der Waals surface area contributed by atoms with Crippen molar-refractivity contribution in [3.63, 3.8) is 0 Å². The number of hydrogen-bond acceptors (Lipinski definition) is 7. The van der Waals surface area contributed by atoms with E-state index in [2.05, 4.69) is 31.2 Å². The van der Waals surface area contributed by atoms with E-state index in [0.29, 0.717) is 9.71 Å². The van der Waals surface area contributed by atoms with Crippen molar-refractivity contribution in [3.05, 3.63) is 46.9 Å². The standard InChI is InChI=1S/C19H21N5O2S/c1-12-15-17(21-11-22-18(15)27-16(12)19(25)26)23-14-5-3-7-24(10-14)9-13-4-2-6-20-8-13/h2,4,6,8,11,14H,3,5,7,9-10H2,1H3,(H,25,26)(H,21,22,23). The van der Waals surface area contributed by atoms with Crippen LogP contribution in [0.15, 0.2) is 30.9 Å². The van der Waals surface area contributed by atoms with E-state index in [0.717, 1.165) is 49.2 Å². The number of carboxylic acids is 1. The number of piperidine rings is 1. The summed E-state index contributed by atoms with van der Waals surface area (Å²) < 4.78 is 0. The van der Waals surface area contributed by atoms with Crippen LogP contribution in [0.1, 0.15) is 33.6 Å². The summed E-state index contributed by atoms with van der Waals surface area (Å²) in [5.74, 6) is -0.184. The molecule has 4 heterocycles. The summed E-state index contributed by atoms with van der Waals surface area (Å²) in [7, 11) is 0. The topological polar surface area (TPSA) is 91.2 Å². The number of rotatable bonds is 5. The van der Waals surface area contributed by atoms with Crippen molar-refractivity contribution in [1.29, 1.82) is 0 Å². The lowest BCUT2D eigenvalue weighted by Gasteiger charge is -2.33. The Labute approximate surface area is 161 Å². The van der Waals surface area contributed by atoms with Crippen LogP contribution in [0, 0.1) is 6.92 Å². The van der Waals surface area contributed by atoms with Gasteiger partial charge in [0.05, 0.1) is 5.39 Å². The van der Waals surface area contributed by atoms with Crippen LogP contribution in [0.25, 0.3) is 10.2 Å². The molecule has 1 fully saturated rings. The van der Waals surface area contributed by atoms with Crippen molar-refractivity contribution in [2.75, 3.05) is 18.4 Å². The molecule has 0 spiro atoms. The number of fused-ring (bicyclic) bond motifs is 1. The summed E-state index contributed by atoms with van der Waals surface area (Å²) in [4.78, 5) is 27.8. The molecule has 0 bridgehead atoms. The zero-order chi connectivity index (χ0) is 18.8. The van der Waals surface area contributed by atoms with E-state index >= 15 is 0 Å². The zero-order valence-corrected chi connectivity index (χ0v) is 15.9. The normalized spacial score (nSPS) is 17.9. The minimum absolute atomic E-state index is 0.265. The Morgan fingerprint density at radius 1 is 1.44 bits per heavy atom. The first-order chi connectivity index (χ1) is 13.1. The smallest absolute Gasteiger partial charge is 0.346 e. The average Bonchev–Trinajstić information content (AvgIpc) is 3.01. The summed E-state index contributed by atoms with van der Waals surface area (Å²) in [6.07, 6.45) is 7.37. The summed E-state index contributed by atoms with van der Waals surface area (Å²) >= 11 is 1.20. The van der Waals surface area contributed by atoms with Gasteiger partial charge >= 0.3 is 5.97 Å². The van der Waals surface area contributed by atoms with Gasteiger partial charge in [-0.05, 0) is 43.5 Å². The molecule has 1 saturated heterocycles. The number of nitrogens with zero attached hydrogens (tertiary/aromatic N) is 4. The number of anilines is 1. The first kappa shape index (κ1) is 17.8. The monoisotopic (exact) mass is 383 g/mol. The maximum absolute atomic E-state index is 11.4. The van der Waals surface area contributed by atoms with Crippen molar-refractivity contribution < 1.29 is 9.90 Å². The quantitative estimate of drug-likeness (QED) is 0.699. The minimum atomic E-state index is -0.915. The minimum Gasteiger partial charge on any atom is -0.477 e. The van der Waals surface area contributed by atoms with Crippen LogP contribution in [0.4, 0.5) is 5.82 Å². The molecule has 3 aromatic heterocycles. The second-order valence-electron chi connectivity index (χ2n) is 6.84. The van der Waals surface area contributed by atoms with Crippen molar-refractivity contribution in [2.45, 2.75) is 32.4 Å². The second-order valence-corrected chi connectivity index (χ2v) is 7.84. The van der Waals surface area contributed by atoms with E-state index in [4.69, 9.17) is 0 Å². The van der Waals surface area contributed by atoms with Gasteiger partial charge in [-0.2, -0.15) is 0 Å². The lowest BCUT2D eigenvalue weighted by Crippen LogP contribution is -2.41. The number of carbonyl (C=O) groups is 1. The summed E-state index contributed by atoms with van der Waals surface area (Å²) in [6.45, 7) is 4.68. The molecule has 8 heteroatoms. The molecular formula is C19H21N5O2S. The van der Waals surface area contributed by atoms with Gasteiger partial charge in [-0.1, -0.05) is 6.07 Å². The number of nitrogens with one attached hydrogen (secondary N) is 1. The molecule has 1 aliphatic heterocycles. The maximum Gasteiger partial charge on any atom is 0.346 e. The van der Waals surface area contributed by atoms with E-state index in [1.54, 1.807) is 6.20 Å². The lowest BCUT2D eigenvalue weighted by molar-refractivity contribution is 0.0701. The third-order valence-corrected chi connectivity index (χ3v) is 6.08. The Hall–Kier alpha value is -2.58. The Morgan fingerprint density at radius 2 is 2.33 bits per heavy atom. The molecule has 0 radical (unpaired) electrons. The zero-order valence-electron chi connectivity index (χ0n) is 15.1. The van der Waals surface area contributed by atoms with Crippen molar-refractivity contribution in [1.82, 2.24) is 19.9 Å². The maximum atomic E-state index is 11.4. The molecule has 0 amide bonds. The molecule has 4 rings (SSSR count). The first-order valence-electron chi connectivity index (χ1n) is 8.97. The highest BCUT2D eigenvalue weighted by molar-refractivity contribution is 7.20. The molecule has 1 unspecified atom stereocenters. The lowest BCUT2D eigenvalue weighted by atomic mass is 10.0. The van der Waals surface area contributed by atoms with Gasteiger partial charge in [0.1, 0.15) is 21.9 Å². The molecule has 3 aromatic rings. The van der Waals surface area contributed by atoms with E-state index in [9.17, 15) is 9.90 Å². The van der Waals surface area contributed by atoms with Gasteiger partial charge in [-0.15, -0.1) is 11.3 Å². The molecule has 1 aliphatic rings. The Morgan fingerprint density at radius 3 is 3.11 bits per heavy atom. The van der Waals surface area contributed by atoms with Crippen LogP contribution in [-0.4, -0.2) is 50.1 Å². The average molecular weight is 383 g/mol. The van der Waals surface area contributed by atoms with Gasteiger partial charge in [0, 0.05) is 31.5 Å². The Balaban J connectivity index is 1.52. The number of aromatic carboxylic acids is 1. The van der Waals surface area contributed by atoms with Crippen molar-refractivity contribution in [2.24, 2.45) is 0 Å². The number of pyridine rings is 1. The number of aromatic nitrogens is 3. The van der Waals surface area contributed by atoms with Crippen LogP contribution in [0.3, 0.4) is 0 Å². The van der Waals surface area contributed by atoms with Crippen LogP contribution in [0.5, 0.6) is 0 Å². The number of likely N-dealkylation sites (tertiary alicyclic amines) is 1. The van der Waals surface area contributed by atoms with Crippen molar-refractivity contribution >= 4 is 33.3 Å². The van der Waals surface area contributed by atoms with E-state index in [1.165, 1.54) is 23.2 Å². The van der Waals surface area contributed by atoms with Crippen LogP contribution >= 0.6 is 11.3 Å². The first-order valence-corrected chi connectivity index (χ1v) is 9.78. The fourth-order valence-corrected chi connectivity index (χ4v) is 4.63. The van der Waals surface area contributed by atoms with E-state index < -0.39 is 5.97 Å². The largest absolute Gasteiger partial charge is 0.477 e. The van der Waals surface area contributed by atoms with Gasteiger partial charge in [-0.25, -0.2) is 14.8 Å². The number of aryl methyl sites for hydroxylation is 1. The Kier molecular flexibility index (Phi) is 5.00. The number of carboxylic acid groups (broad SMARTS) is 1. The summed E-state index contributed by atoms with van der Waals surface area (Å²) in [5.41, 5.74) is 1.94. The molecule has 1 atom stereocenters. The molecule has 0 saturated carbocycles. The molecule has 7 nitrogen and oxygen atoms in total. The molecule has 2 N–H and O–H groups in total. The Bertz CT molecular complexity index is 959. The predicted octanol–water partition coefficient (Wildman–Crippen LogP) is 3.17. The molecule has 27 heavy (non-hydrogen) atoms. The highest BCUT2D eigenvalue weighted by Gasteiger charge is 2.23. The van der Waals surface area contributed by atoms with Crippen molar-refractivity contribution in [3.8, 4) is 0 Å². The molecule has 0 aliphatic carbocycles. The SMILES string of the molecule is Cc1c(C(=O)O)sc2ncnc(NC3CCCN(Cc4cccnc4)C3)c12. The third kappa shape index (κ3) is 3.77. The van der Waals surface area contributed by atoms with Crippen LogP contribution in [0.2, 0.25) is 0 Å². The summed E-state index contributed by atoms with van der Waals surface area (Å²) in [6, 6.07) is 4.33. The van der Waals surface area contributed by atoms with Gasteiger partial charge in [0.2, 0.25) is 0 Å². The predicted molar refractivity (Wildman–Crippen MR) is 105 cm³/mol. The molecule has 0 aromatic carbocycles. The van der Waals surface area contributed by atoms with Gasteiger partial charge in [0.25, 0.3) is 0 Å². The van der Waals surface area contributed by atoms with Gasteiger partial charge in [-0.3, -0.25) is 9.88 Å². The van der Waals surface area contributed by atoms with E-state index in [1.807, 2.05) is 19.2 Å². The summed E-state index contributed by atoms with van der Waals surface area (Å²) in [5, 5.41) is 13.7. The fraction of sp³-hybridized carbons (Fsp3) is 0.368. The number of thiophene rings is 1. The van der Waals surface area contributed by atoms with E-state index in [-0.39, 0.29) is 6.04 Å². The second kappa shape index (κ2) is 7.58. The van der Waals surface area contributed by atoms with Crippen LogP contribution < -0.4 is 5.32 Å². The van der Waals surface area contributed by atoms with Gasteiger partial charge in [0.15, 0.2) is 0 Å². The molecule has 140 valence electrons. The highest BCUT2D eigenvalue weighted by Crippen LogP contribution is 2.33.